The molecule has 1 aromatic carbocycles. The molecule has 0 saturated heterocycles. The Morgan fingerprint density at radius 1 is 1.05 bits per heavy atom. The van der Waals surface area contributed by atoms with Crippen LogP contribution in [-0.2, 0) is 7.05 Å². The Balaban J connectivity index is 2.32. The van der Waals surface area contributed by atoms with E-state index in [1.165, 1.54) is 32.8 Å². The Morgan fingerprint density at radius 2 is 1.80 bits per heavy atom. The molecule has 0 aliphatic heterocycles. The number of aryl methyl sites for hydroxylation is 4. The van der Waals surface area contributed by atoms with Gasteiger partial charge in [0.2, 0.25) is 5.69 Å². The van der Waals surface area contributed by atoms with E-state index in [0.29, 0.717) is 0 Å². The van der Waals surface area contributed by atoms with Gasteiger partial charge in [0.25, 0.3) is 4.83 Å². The Bertz CT molecular complexity index is 815. The van der Waals surface area contributed by atoms with E-state index in [1.807, 2.05) is 0 Å². The maximum atomic E-state index is 4.56. The van der Waals surface area contributed by atoms with Crippen molar-refractivity contribution in [2.75, 3.05) is 0 Å². The van der Waals surface area contributed by atoms with Gasteiger partial charge < -0.3 is 0 Å². The molecule has 3 heteroatoms. The first kappa shape index (κ1) is 13.3. The molecule has 0 aliphatic rings. The summed E-state index contributed by atoms with van der Waals surface area (Å²) >= 11 is 1.75. The molecule has 3 aromatic rings. The normalized spacial score (nSPS) is 11.2. The second-order valence-electron chi connectivity index (χ2n) is 5.46. The maximum Gasteiger partial charge on any atom is 0.289 e. The summed E-state index contributed by atoms with van der Waals surface area (Å²) in [6.45, 7) is 8.60. The molecule has 0 bridgehead atoms. The lowest BCUT2D eigenvalue weighted by Gasteiger charge is -2.09. The van der Waals surface area contributed by atoms with Crippen molar-refractivity contribution >= 4 is 21.7 Å². The molecule has 0 unspecified atom stereocenters. The summed E-state index contributed by atoms with van der Waals surface area (Å²) in [6.07, 6.45) is 0. The molecule has 2 aromatic heterocycles. The van der Waals surface area contributed by atoms with Crippen LogP contribution in [0.25, 0.3) is 21.6 Å². The molecule has 0 atom stereocenters. The van der Waals surface area contributed by atoms with E-state index in [2.05, 4.69) is 68.6 Å². The van der Waals surface area contributed by atoms with Crippen LogP contribution in [-0.4, -0.2) is 4.98 Å². The Kier molecular flexibility index (Phi) is 3.09. The number of hydrogen-bond acceptors (Lipinski definition) is 2. The number of thiazole rings is 1. The SMILES string of the molecule is Cc1cc(C)c(C)c(-c2ccc3nc(C)sc3[n+]2C)c1. The average molecular weight is 283 g/mol. The summed E-state index contributed by atoms with van der Waals surface area (Å²) in [5.41, 5.74) is 7.67. The summed E-state index contributed by atoms with van der Waals surface area (Å²) in [6, 6.07) is 8.83. The lowest BCUT2D eigenvalue weighted by Crippen LogP contribution is -2.31. The highest BCUT2D eigenvalue weighted by molar-refractivity contribution is 7.17. The zero-order valence-electron chi connectivity index (χ0n) is 12.6. The molecule has 0 aliphatic carbocycles. The monoisotopic (exact) mass is 283 g/mol. The van der Waals surface area contributed by atoms with E-state index in [9.17, 15) is 0 Å². The second-order valence-corrected chi connectivity index (χ2v) is 6.64. The topological polar surface area (TPSA) is 16.8 Å². The van der Waals surface area contributed by atoms with E-state index in [1.54, 1.807) is 11.3 Å². The number of rotatable bonds is 1. The Labute approximate surface area is 123 Å². The van der Waals surface area contributed by atoms with Crippen molar-refractivity contribution < 1.29 is 4.57 Å². The molecule has 0 N–H and O–H groups in total. The van der Waals surface area contributed by atoms with Crippen molar-refractivity contribution in [3.63, 3.8) is 0 Å². The van der Waals surface area contributed by atoms with Crippen LogP contribution in [0.3, 0.4) is 0 Å². The number of aromatic nitrogens is 2. The summed E-state index contributed by atoms with van der Waals surface area (Å²) in [7, 11) is 2.13. The molecular formula is C17H19N2S+. The zero-order valence-corrected chi connectivity index (χ0v) is 13.4. The molecule has 0 amide bonds. The predicted octanol–water partition coefficient (Wildman–Crippen LogP) is 4.02. The molecule has 0 saturated carbocycles. The fourth-order valence-electron chi connectivity index (χ4n) is 2.74. The van der Waals surface area contributed by atoms with Crippen molar-refractivity contribution in [1.29, 1.82) is 0 Å². The van der Waals surface area contributed by atoms with Crippen LogP contribution in [0.5, 0.6) is 0 Å². The zero-order chi connectivity index (χ0) is 14.4. The third kappa shape index (κ3) is 2.02. The highest BCUT2D eigenvalue weighted by atomic mass is 32.1. The number of pyridine rings is 1. The van der Waals surface area contributed by atoms with Gasteiger partial charge in [0.05, 0.1) is 5.01 Å². The van der Waals surface area contributed by atoms with Crippen molar-refractivity contribution in [2.45, 2.75) is 27.7 Å². The number of benzene rings is 1. The van der Waals surface area contributed by atoms with Gasteiger partial charge in [-0.15, -0.1) is 0 Å². The number of fused-ring (bicyclic) bond motifs is 1. The fourth-order valence-corrected chi connectivity index (χ4v) is 3.61. The van der Waals surface area contributed by atoms with Gasteiger partial charge in [0, 0.05) is 11.6 Å². The molecule has 2 heterocycles. The lowest BCUT2D eigenvalue weighted by molar-refractivity contribution is -0.631. The highest BCUT2D eigenvalue weighted by Gasteiger charge is 2.19. The van der Waals surface area contributed by atoms with Crippen LogP contribution < -0.4 is 4.57 Å². The molecule has 2 nitrogen and oxygen atoms in total. The van der Waals surface area contributed by atoms with Gasteiger partial charge in [0.1, 0.15) is 12.6 Å². The molecule has 20 heavy (non-hydrogen) atoms. The largest absolute Gasteiger partial charge is 0.289 e. The quantitative estimate of drug-likeness (QED) is 0.616. The van der Waals surface area contributed by atoms with E-state index in [4.69, 9.17) is 0 Å². The molecule has 0 spiro atoms. The fraction of sp³-hybridized carbons (Fsp3) is 0.294. The van der Waals surface area contributed by atoms with Gasteiger partial charge in [-0.05, 0) is 51.0 Å². The van der Waals surface area contributed by atoms with E-state index < -0.39 is 0 Å². The first-order valence-corrected chi connectivity index (χ1v) is 7.63. The lowest BCUT2D eigenvalue weighted by atomic mass is 9.97. The molecule has 3 rings (SSSR count). The van der Waals surface area contributed by atoms with Crippen molar-refractivity contribution in [1.82, 2.24) is 4.98 Å². The van der Waals surface area contributed by atoms with Gasteiger partial charge in [-0.1, -0.05) is 23.0 Å². The predicted molar refractivity (Wildman–Crippen MR) is 85.2 cm³/mol. The standard InChI is InChI=1S/C17H19N2S/c1-10-8-11(2)12(3)14(9-10)16-7-6-15-17(19(16)5)20-13(4)18-15/h6-9H,1-5H3/q+1. The van der Waals surface area contributed by atoms with Gasteiger partial charge in [0.15, 0.2) is 0 Å². The molecule has 0 radical (unpaired) electrons. The third-order valence-electron chi connectivity index (χ3n) is 3.89. The minimum absolute atomic E-state index is 1.08. The second kappa shape index (κ2) is 4.67. The van der Waals surface area contributed by atoms with Crippen LogP contribution in [0.2, 0.25) is 0 Å². The highest BCUT2D eigenvalue weighted by Crippen LogP contribution is 2.27. The maximum absolute atomic E-state index is 4.56. The van der Waals surface area contributed by atoms with Gasteiger partial charge in [-0.25, -0.2) is 4.98 Å². The number of nitrogens with zero attached hydrogens (tertiary/aromatic N) is 2. The van der Waals surface area contributed by atoms with E-state index in [-0.39, 0.29) is 0 Å². The van der Waals surface area contributed by atoms with E-state index >= 15 is 0 Å². The van der Waals surface area contributed by atoms with Gasteiger partial charge in [-0.2, -0.15) is 4.57 Å². The Hall–Kier alpha value is -1.74. The Morgan fingerprint density at radius 3 is 2.55 bits per heavy atom. The average Bonchev–Trinajstić information content (AvgIpc) is 2.76. The van der Waals surface area contributed by atoms with Crippen molar-refractivity contribution in [3.8, 4) is 11.3 Å². The molecule has 102 valence electrons. The molecular weight excluding hydrogens is 264 g/mol. The first-order valence-electron chi connectivity index (χ1n) is 6.82. The van der Waals surface area contributed by atoms with Gasteiger partial charge in [-0.3, -0.25) is 0 Å². The number of hydrogen-bond donors (Lipinski definition) is 0. The van der Waals surface area contributed by atoms with Crippen molar-refractivity contribution in [2.24, 2.45) is 7.05 Å². The minimum Gasteiger partial charge on any atom is -0.235 e. The molecule has 0 fully saturated rings. The van der Waals surface area contributed by atoms with Crippen LogP contribution in [0.4, 0.5) is 0 Å². The summed E-state index contributed by atoms with van der Waals surface area (Å²) in [4.78, 5) is 5.80. The van der Waals surface area contributed by atoms with Crippen molar-refractivity contribution in [3.05, 3.63) is 46.0 Å². The van der Waals surface area contributed by atoms with E-state index in [0.717, 1.165) is 10.5 Å². The third-order valence-corrected chi connectivity index (χ3v) is 4.96. The van der Waals surface area contributed by atoms with Crippen LogP contribution in [0.15, 0.2) is 24.3 Å². The van der Waals surface area contributed by atoms with Crippen LogP contribution in [0.1, 0.15) is 21.7 Å². The van der Waals surface area contributed by atoms with Crippen LogP contribution in [0, 0.1) is 27.7 Å². The smallest absolute Gasteiger partial charge is 0.235 e. The minimum atomic E-state index is 1.08. The van der Waals surface area contributed by atoms with Gasteiger partial charge >= 0.3 is 0 Å². The summed E-state index contributed by atoms with van der Waals surface area (Å²) in [5.74, 6) is 0. The first-order chi connectivity index (χ1) is 9.47. The summed E-state index contributed by atoms with van der Waals surface area (Å²) in [5, 5.41) is 1.12. The van der Waals surface area contributed by atoms with Crippen LogP contribution >= 0.6 is 11.3 Å². The summed E-state index contributed by atoms with van der Waals surface area (Å²) < 4.78 is 2.27.